The van der Waals surface area contributed by atoms with Crippen LogP contribution in [0.2, 0.25) is 0 Å². The second-order valence-electron chi connectivity index (χ2n) is 6.45. The van der Waals surface area contributed by atoms with Crippen LogP contribution in [0.15, 0.2) is 18.2 Å². The molecule has 24 heavy (non-hydrogen) atoms. The molecule has 0 aliphatic rings. The summed E-state index contributed by atoms with van der Waals surface area (Å²) in [4.78, 5) is 3.41. The van der Waals surface area contributed by atoms with E-state index < -0.39 is 0 Å². The van der Waals surface area contributed by atoms with Crippen molar-refractivity contribution in [2.24, 2.45) is 0 Å². The number of benzene rings is 1. The lowest BCUT2D eigenvalue weighted by molar-refractivity contribution is 0.267. The summed E-state index contributed by atoms with van der Waals surface area (Å²) in [5.41, 5.74) is 8.41. The summed E-state index contributed by atoms with van der Waals surface area (Å²) in [6.07, 6.45) is 0. The van der Waals surface area contributed by atoms with Gasteiger partial charge in [0.2, 0.25) is 0 Å². The maximum atomic E-state index is 9.10. The van der Waals surface area contributed by atoms with Crippen molar-refractivity contribution in [3.8, 4) is 0 Å². The van der Waals surface area contributed by atoms with Gasteiger partial charge in [0.25, 0.3) is 0 Å². The topological polar surface area (TPSA) is 65.9 Å². The number of fused-ring (bicyclic) bond motifs is 1. The molecule has 3 N–H and O–H groups in total. The second kappa shape index (κ2) is 6.79. The SMILES string of the molecule is Cc1nn(CCO)c(C)c1CNCc1ccc2[nH]c(C)c(C)c2c1. The van der Waals surface area contributed by atoms with Crippen LogP contribution >= 0.6 is 0 Å². The third kappa shape index (κ3) is 3.09. The van der Waals surface area contributed by atoms with E-state index in [0.717, 1.165) is 24.5 Å². The molecule has 2 aromatic heterocycles. The van der Waals surface area contributed by atoms with E-state index in [1.807, 2.05) is 11.6 Å². The molecule has 0 aliphatic heterocycles. The van der Waals surface area contributed by atoms with Crippen molar-refractivity contribution in [1.29, 1.82) is 0 Å². The van der Waals surface area contributed by atoms with Crippen LogP contribution in [-0.4, -0.2) is 26.5 Å². The van der Waals surface area contributed by atoms with E-state index in [0.29, 0.717) is 6.54 Å². The van der Waals surface area contributed by atoms with E-state index in [2.05, 4.69) is 54.4 Å². The Balaban J connectivity index is 1.69. The Hall–Kier alpha value is -2.11. The van der Waals surface area contributed by atoms with Crippen molar-refractivity contribution in [2.45, 2.75) is 47.3 Å². The summed E-state index contributed by atoms with van der Waals surface area (Å²) in [5, 5.41) is 18.4. The third-order valence-corrected chi connectivity index (χ3v) is 4.85. The standard InChI is InChI=1S/C19H26N4O/c1-12-13(2)21-19-6-5-16(9-17(12)19)10-20-11-18-14(3)22-23(7-8-24)15(18)4/h5-6,9,20-21,24H,7-8,10-11H2,1-4H3. The molecule has 5 nitrogen and oxygen atoms in total. The molecule has 0 bridgehead atoms. The summed E-state index contributed by atoms with van der Waals surface area (Å²) in [5.74, 6) is 0. The quantitative estimate of drug-likeness (QED) is 0.652. The minimum absolute atomic E-state index is 0.115. The van der Waals surface area contributed by atoms with Gasteiger partial charge in [0.15, 0.2) is 0 Å². The highest BCUT2D eigenvalue weighted by Gasteiger charge is 2.11. The molecule has 2 heterocycles. The van der Waals surface area contributed by atoms with Crippen molar-refractivity contribution in [3.05, 3.63) is 52.0 Å². The Morgan fingerprint density at radius 3 is 2.71 bits per heavy atom. The minimum atomic E-state index is 0.115. The molecule has 0 amide bonds. The molecule has 0 aliphatic carbocycles. The molecule has 0 spiro atoms. The maximum Gasteiger partial charge on any atom is 0.0644 e. The number of aromatic nitrogens is 3. The van der Waals surface area contributed by atoms with E-state index in [1.165, 1.54) is 33.3 Å². The van der Waals surface area contributed by atoms with Gasteiger partial charge in [-0.25, -0.2) is 0 Å². The number of nitrogens with one attached hydrogen (secondary N) is 2. The van der Waals surface area contributed by atoms with Crippen molar-refractivity contribution >= 4 is 10.9 Å². The second-order valence-corrected chi connectivity index (χ2v) is 6.45. The molecule has 0 saturated heterocycles. The number of hydrogen-bond acceptors (Lipinski definition) is 3. The van der Waals surface area contributed by atoms with E-state index in [1.54, 1.807) is 0 Å². The fourth-order valence-electron chi connectivity index (χ4n) is 3.25. The lowest BCUT2D eigenvalue weighted by Crippen LogP contribution is -2.14. The molecule has 3 aromatic rings. The lowest BCUT2D eigenvalue weighted by atomic mass is 10.1. The highest BCUT2D eigenvalue weighted by Crippen LogP contribution is 2.22. The highest BCUT2D eigenvalue weighted by molar-refractivity contribution is 5.84. The third-order valence-electron chi connectivity index (χ3n) is 4.85. The molecule has 128 valence electrons. The Labute approximate surface area is 142 Å². The fraction of sp³-hybridized carbons (Fsp3) is 0.421. The zero-order valence-corrected chi connectivity index (χ0v) is 14.9. The smallest absolute Gasteiger partial charge is 0.0644 e. The Kier molecular flexibility index (Phi) is 4.73. The monoisotopic (exact) mass is 326 g/mol. The van der Waals surface area contributed by atoms with E-state index in [9.17, 15) is 0 Å². The van der Waals surface area contributed by atoms with Gasteiger partial charge in [0, 0.05) is 40.9 Å². The van der Waals surface area contributed by atoms with Crippen LogP contribution in [-0.2, 0) is 19.6 Å². The van der Waals surface area contributed by atoms with E-state index >= 15 is 0 Å². The summed E-state index contributed by atoms with van der Waals surface area (Å²) in [6, 6.07) is 6.58. The van der Waals surface area contributed by atoms with Gasteiger partial charge in [-0.15, -0.1) is 0 Å². The van der Waals surface area contributed by atoms with Gasteiger partial charge in [-0.1, -0.05) is 6.07 Å². The molecule has 0 radical (unpaired) electrons. The van der Waals surface area contributed by atoms with E-state index in [4.69, 9.17) is 5.11 Å². The van der Waals surface area contributed by atoms with Crippen molar-refractivity contribution in [2.75, 3.05) is 6.61 Å². The summed E-state index contributed by atoms with van der Waals surface area (Å²) in [7, 11) is 0. The van der Waals surface area contributed by atoms with Crippen LogP contribution in [0.4, 0.5) is 0 Å². The van der Waals surface area contributed by atoms with Crippen LogP contribution in [0.5, 0.6) is 0 Å². The van der Waals surface area contributed by atoms with Gasteiger partial charge < -0.3 is 15.4 Å². The Bertz CT molecular complexity index is 860. The molecule has 3 rings (SSSR count). The highest BCUT2D eigenvalue weighted by atomic mass is 16.3. The number of nitrogens with zero attached hydrogens (tertiary/aromatic N) is 2. The average molecular weight is 326 g/mol. The molecule has 0 atom stereocenters. The first-order valence-corrected chi connectivity index (χ1v) is 8.43. The van der Waals surface area contributed by atoms with Gasteiger partial charge in [-0.05, 0) is 51.0 Å². The number of hydrogen-bond donors (Lipinski definition) is 3. The summed E-state index contributed by atoms with van der Waals surface area (Å²) in [6.45, 7) is 10.6. The molecule has 1 aromatic carbocycles. The maximum absolute atomic E-state index is 9.10. The number of aliphatic hydroxyl groups is 1. The van der Waals surface area contributed by atoms with Crippen molar-refractivity contribution in [3.63, 3.8) is 0 Å². The van der Waals surface area contributed by atoms with Gasteiger partial charge in [0.05, 0.1) is 18.8 Å². The number of rotatable bonds is 6. The van der Waals surface area contributed by atoms with Crippen LogP contribution in [0.3, 0.4) is 0 Å². The number of aryl methyl sites for hydroxylation is 3. The summed E-state index contributed by atoms with van der Waals surface area (Å²) >= 11 is 0. The molecule has 0 saturated carbocycles. The van der Waals surface area contributed by atoms with Crippen LogP contribution in [0, 0.1) is 27.7 Å². The average Bonchev–Trinajstić information content (AvgIpc) is 2.99. The summed E-state index contributed by atoms with van der Waals surface area (Å²) < 4.78 is 1.88. The van der Waals surface area contributed by atoms with Crippen molar-refractivity contribution < 1.29 is 5.11 Å². The van der Waals surface area contributed by atoms with Crippen LogP contribution in [0.25, 0.3) is 10.9 Å². The Morgan fingerprint density at radius 2 is 1.96 bits per heavy atom. The van der Waals surface area contributed by atoms with Crippen molar-refractivity contribution in [1.82, 2.24) is 20.1 Å². The number of H-pyrrole nitrogens is 1. The van der Waals surface area contributed by atoms with Gasteiger partial charge in [-0.2, -0.15) is 5.10 Å². The van der Waals surface area contributed by atoms with Gasteiger partial charge in [-0.3, -0.25) is 4.68 Å². The molecule has 5 heteroatoms. The zero-order valence-electron chi connectivity index (χ0n) is 14.9. The predicted octanol–water partition coefficient (Wildman–Crippen LogP) is 2.88. The molecule has 0 unspecified atom stereocenters. The van der Waals surface area contributed by atoms with Crippen LogP contribution in [0.1, 0.15) is 33.8 Å². The fourth-order valence-corrected chi connectivity index (χ4v) is 3.25. The van der Waals surface area contributed by atoms with Gasteiger partial charge in [0.1, 0.15) is 0 Å². The van der Waals surface area contributed by atoms with Gasteiger partial charge >= 0.3 is 0 Å². The Morgan fingerprint density at radius 1 is 1.17 bits per heavy atom. The van der Waals surface area contributed by atoms with Crippen LogP contribution < -0.4 is 5.32 Å². The number of aromatic amines is 1. The minimum Gasteiger partial charge on any atom is -0.394 e. The first-order valence-electron chi connectivity index (χ1n) is 8.43. The van der Waals surface area contributed by atoms with E-state index in [-0.39, 0.29) is 6.61 Å². The predicted molar refractivity (Wildman–Crippen MR) is 97.1 cm³/mol. The first-order chi connectivity index (χ1) is 11.5. The molecular weight excluding hydrogens is 300 g/mol. The first kappa shape index (κ1) is 16.7. The lowest BCUT2D eigenvalue weighted by Gasteiger charge is -2.07. The molecule has 0 fully saturated rings. The number of aliphatic hydroxyl groups excluding tert-OH is 1. The largest absolute Gasteiger partial charge is 0.394 e. The molecular formula is C19H26N4O. The normalized spacial score (nSPS) is 11.5. The zero-order chi connectivity index (χ0) is 17.3.